The van der Waals surface area contributed by atoms with Crippen LogP contribution in [-0.4, -0.2) is 59.4 Å². The Bertz CT molecular complexity index is 1370. The van der Waals surface area contributed by atoms with E-state index in [-0.39, 0.29) is 34.6 Å². The first-order valence-electron chi connectivity index (χ1n) is 11.4. The number of rotatable bonds is 11. The van der Waals surface area contributed by atoms with Crippen LogP contribution in [0.2, 0.25) is 0 Å². The number of hydrogen-bond donors (Lipinski definition) is 1. The molecule has 0 fully saturated rings. The van der Waals surface area contributed by atoms with Crippen molar-refractivity contribution in [3.8, 4) is 5.75 Å². The molecule has 0 spiro atoms. The maximum Gasteiger partial charge on any atom is 0.374 e. The Labute approximate surface area is 201 Å². The molecule has 0 radical (unpaired) electrons. The number of likely N-dealkylation sites (N-methyl/N-ethyl adjacent to an activating group) is 1. The van der Waals surface area contributed by atoms with Crippen molar-refractivity contribution in [3.05, 3.63) is 67.2 Å². The van der Waals surface area contributed by atoms with Gasteiger partial charge in [-0.3, -0.25) is 23.6 Å². The number of hydrogen-bond acceptors (Lipinski definition) is 9. The highest BCUT2D eigenvalue weighted by molar-refractivity contribution is 5.89. The van der Waals surface area contributed by atoms with Crippen LogP contribution >= 0.6 is 0 Å². The number of esters is 1. The molecule has 2 aromatic heterocycles. The lowest BCUT2D eigenvalue weighted by atomic mass is 10.2. The molecule has 0 aliphatic rings. The molecule has 0 unspecified atom stereocenters. The molecule has 1 aromatic carbocycles. The van der Waals surface area contributed by atoms with Crippen LogP contribution in [0, 0.1) is 0 Å². The van der Waals surface area contributed by atoms with Gasteiger partial charge in [0.15, 0.2) is 5.43 Å². The van der Waals surface area contributed by atoms with Crippen LogP contribution in [0.15, 0.2) is 49.1 Å². The van der Waals surface area contributed by atoms with Gasteiger partial charge in [0, 0.05) is 51.9 Å². The largest absolute Gasteiger partial charge is 0.492 e. The minimum atomic E-state index is -0.694. The third kappa shape index (κ3) is 6.18. The second-order valence-corrected chi connectivity index (χ2v) is 7.83. The first-order valence-corrected chi connectivity index (χ1v) is 11.4. The molecule has 0 bridgehead atoms. The van der Waals surface area contributed by atoms with Gasteiger partial charge in [-0.25, -0.2) is 9.59 Å². The molecule has 0 aliphatic carbocycles. The molecule has 2 heterocycles. The Morgan fingerprint density at radius 2 is 1.83 bits per heavy atom. The van der Waals surface area contributed by atoms with E-state index in [1.165, 1.54) is 17.7 Å². The van der Waals surface area contributed by atoms with Gasteiger partial charge in [-0.05, 0) is 25.6 Å². The molecular formula is C24H30N4O7. The zero-order chi connectivity index (χ0) is 25.5. The summed E-state index contributed by atoms with van der Waals surface area (Å²) in [6.07, 6.45) is 0. The van der Waals surface area contributed by atoms with Crippen molar-refractivity contribution >= 4 is 22.8 Å². The van der Waals surface area contributed by atoms with Gasteiger partial charge in [0.1, 0.15) is 23.8 Å². The van der Waals surface area contributed by atoms with Gasteiger partial charge in [0.2, 0.25) is 5.76 Å². The molecule has 0 atom stereocenters. The van der Waals surface area contributed by atoms with E-state index in [0.29, 0.717) is 43.2 Å². The zero-order valence-electron chi connectivity index (χ0n) is 20.3. The van der Waals surface area contributed by atoms with Crippen LogP contribution in [-0.2, 0) is 18.8 Å². The minimum Gasteiger partial charge on any atom is -0.492 e. The Balaban J connectivity index is 1.57. The normalized spacial score (nSPS) is 11.1. The summed E-state index contributed by atoms with van der Waals surface area (Å²) in [6, 6.07) is 7.37. The molecule has 1 N–H and O–H groups in total. The smallest absolute Gasteiger partial charge is 0.374 e. The fourth-order valence-corrected chi connectivity index (χ4v) is 3.49. The monoisotopic (exact) mass is 486 g/mol. The van der Waals surface area contributed by atoms with Gasteiger partial charge in [-0.15, -0.1) is 0 Å². The SMILES string of the molecule is CCOC(=O)c1cc(=O)c2ccc(OCCN(CC)CCNc3cc(=O)n(C)c(=O)n3C)cc2o1. The molecule has 11 nitrogen and oxygen atoms in total. The van der Waals surface area contributed by atoms with Gasteiger partial charge in [0.25, 0.3) is 5.56 Å². The van der Waals surface area contributed by atoms with Gasteiger partial charge in [-0.2, -0.15) is 0 Å². The van der Waals surface area contributed by atoms with E-state index in [1.807, 2.05) is 6.92 Å². The molecular weight excluding hydrogens is 456 g/mol. The number of nitrogens with one attached hydrogen (secondary N) is 1. The number of anilines is 1. The second-order valence-electron chi connectivity index (χ2n) is 7.83. The lowest BCUT2D eigenvalue weighted by Gasteiger charge is -2.21. The number of carbonyl (C=O) groups is 1. The topological polar surface area (TPSA) is 125 Å². The summed E-state index contributed by atoms with van der Waals surface area (Å²) in [5, 5.41) is 3.48. The Morgan fingerprint density at radius 1 is 1.06 bits per heavy atom. The zero-order valence-corrected chi connectivity index (χ0v) is 20.3. The van der Waals surface area contributed by atoms with Crippen LogP contribution in [0.5, 0.6) is 5.75 Å². The van der Waals surface area contributed by atoms with Crippen molar-refractivity contribution in [1.82, 2.24) is 14.0 Å². The summed E-state index contributed by atoms with van der Waals surface area (Å²) in [5.41, 5.74) is -0.841. The maximum absolute atomic E-state index is 12.3. The van der Waals surface area contributed by atoms with E-state index in [2.05, 4.69) is 10.2 Å². The minimum absolute atomic E-state index is 0.153. The van der Waals surface area contributed by atoms with Crippen LogP contribution in [0.4, 0.5) is 5.82 Å². The first-order chi connectivity index (χ1) is 16.7. The summed E-state index contributed by atoms with van der Waals surface area (Å²) < 4.78 is 18.7. The highest BCUT2D eigenvalue weighted by Crippen LogP contribution is 2.20. The Hall–Kier alpha value is -3.86. The van der Waals surface area contributed by atoms with Crippen molar-refractivity contribution in [1.29, 1.82) is 0 Å². The van der Waals surface area contributed by atoms with Gasteiger partial charge in [0.05, 0.1) is 12.0 Å². The fourth-order valence-electron chi connectivity index (χ4n) is 3.49. The van der Waals surface area contributed by atoms with Gasteiger partial charge < -0.3 is 19.2 Å². The predicted octanol–water partition coefficient (Wildman–Crippen LogP) is 1.18. The quantitative estimate of drug-likeness (QED) is 0.398. The van der Waals surface area contributed by atoms with E-state index in [9.17, 15) is 19.2 Å². The van der Waals surface area contributed by atoms with Gasteiger partial charge in [-0.1, -0.05) is 6.92 Å². The van der Waals surface area contributed by atoms with Crippen molar-refractivity contribution in [2.75, 3.05) is 44.7 Å². The summed E-state index contributed by atoms with van der Waals surface area (Å²) in [5.74, 6) is 0.122. The maximum atomic E-state index is 12.3. The molecule has 3 rings (SSSR count). The molecule has 0 saturated carbocycles. The number of aromatic nitrogens is 2. The predicted molar refractivity (Wildman–Crippen MR) is 131 cm³/mol. The third-order valence-corrected chi connectivity index (χ3v) is 5.56. The molecule has 3 aromatic rings. The third-order valence-electron chi connectivity index (χ3n) is 5.56. The van der Waals surface area contributed by atoms with Crippen LogP contribution < -0.4 is 26.7 Å². The average molecular weight is 487 g/mol. The molecule has 0 amide bonds. The lowest BCUT2D eigenvalue weighted by molar-refractivity contribution is 0.0490. The molecule has 0 saturated heterocycles. The lowest BCUT2D eigenvalue weighted by Crippen LogP contribution is -2.38. The van der Waals surface area contributed by atoms with E-state index < -0.39 is 5.97 Å². The number of fused-ring (bicyclic) bond motifs is 1. The summed E-state index contributed by atoms with van der Waals surface area (Å²) in [6.45, 7) is 6.85. The summed E-state index contributed by atoms with van der Waals surface area (Å²) in [4.78, 5) is 50.2. The Kier molecular flexibility index (Phi) is 8.48. The fraction of sp³-hybridized carbons (Fsp3) is 0.417. The van der Waals surface area contributed by atoms with Crippen molar-refractivity contribution in [2.24, 2.45) is 14.1 Å². The number of nitrogens with zero attached hydrogens (tertiary/aromatic N) is 3. The van der Waals surface area contributed by atoms with E-state index in [1.54, 1.807) is 32.2 Å². The van der Waals surface area contributed by atoms with E-state index in [0.717, 1.165) is 17.2 Å². The number of carbonyl (C=O) groups excluding carboxylic acids is 1. The van der Waals surface area contributed by atoms with Crippen LogP contribution in [0.1, 0.15) is 24.4 Å². The summed E-state index contributed by atoms with van der Waals surface area (Å²) in [7, 11) is 3.05. The standard InChI is InChI=1S/C24H30N4O7/c1-5-28(10-9-25-21-15-22(30)27(4)24(32)26(21)3)11-12-34-16-7-8-17-18(29)14-20(23(31)33-6-2)35-19(17)13-16/h7-8,13-15,25H,5-6,9-12H2,1-4H3. The Morgan fingerprint density at radius 3 is 2.54 bits per heavy atom. The highest BCUT2D eigenvalue weighted by Gasteiger charge is 2.14. The summed E-state index contributed by atoms with van der Waals surface area (Å²) >= 11 is 0. The number of benzene rings is 1. The van der Waals surface area contributed by atoms with E-state index >= 15 is 0 Å². The van der Waals surface area contributed by atoms with Crippen molar-refractivity contribution in [3.63, 3.8) is 0 Å². The van der Waals surface area contributed by atoms with Crippen LogP contribution in [0.3, 0.4) is 0 Å². The number of ether oxygens (including phenoxy) is 2. The molecule has 188 valence electrons. The van der Waals surface area contributed by atoms with Crippen molar-refractivity contribution in [2.45, 2.75) is 13.8 Å². The molecule has 11 heteroatoms. The highest BCUT2D eigenvalue weighted by atomic mass is 16.5. The average Bonchev–Trinajstić information content (AvgIpc) is 2.84. The molecule has 35 heavy (non-hydrogen) atoms. The second kappa shape index (κ2) is 11.5. The van der Waals surface area contributed by atoms with Crippen LogP contribution in [0.25, 0.3) is 11.0 Å². The van der Waals surface area contributed by atoms with E-state index in [4.69, 9.17) is 13.9 Å². The molecule has 0 aliphatic heterocycles. The van der Waals surface area contributed by atoms with Gasteiger partial charge >= 0.3 is 11.7 Å². The first kappa shape index (κ1) is 25.8. The van der Waals surface area contributed by atoms with Crippen molar-refractivity contribution < 1.29 is 18.7 Å².